The van der Waals surface area contributed by atoms with Crippen LogP contribution in [0.5, 0.6) is 0 Å². The van der Waals surface area contributed by atoms with E-state index in [1.807, 2.05) is 25.3 Å². The Morgan fingerprint density at radius 2 is 1.90 bits per heavy atom. The molecule has 1 aromatic carbocycles. The van der Waals surface area contributed by atoms with Crippen molar-refractivity contribution >= 4 is 16.6 Å². The summed E-state index contributed by atoms with van der Waals surface area (Å²) in [6.07, 6.45) is 6.18. The van der Waals surface area contributed by atoms with Crippen LogP contribution in [0.3, 0.4) is 0 Å². The average Bonchev–Trinajstić information content (AvgIpc) is 2.43. The minimum absolute atomic E-state index is 0.162. The first kappa shape index (κ1) is 15.4. The zero-order chi connectivity index (χ0) is 15.6. The van der Waals surface area contributed by atoms with E-state index in [4.69, 9.17) is 4.98 Å². The second kappa shape index (κ2) is 5.80. The quantitative estimate of drug-likeness (QED) is 0.694. The Hall–Kier alpha value is -1.96. The fourth-order valence-electron chi connectivity index (χ4n) is 2.08. The van der Waals surface area contributed by atoms with E-state index >= 15 is 0 Å². The van der Waals surface area contributed by atoms with Crippen LogP contribution in [0.15, 0.2) is 42.1 Å². The van der Waals surface area contributed by atoms with E-state index in [9.17, 15) is 0 Å². The van der Waals surface area contributed by atoms with Crippen molar-refractivity contribution in [2.24, 2.45) is 5.41 Å². The summed E-state index contributed by atoms with van der Waals surface area (Å²) in [5.74, 6) is 0. The van der Waals surface area contributed by atoms with Gasteiger partial charge in [0.05, 0.1) is 22.9 Å². The third-order valence-electron chi connectivity index (χ3n) is 3.94. The number of rotatable bonds is 2. The van der Waals surface area contributed by atoms with Crippen molar-refractivity contribution in [3.05, 3.63) is 53.4 Å². The number of aromatic nitrogens is 2. The van der Waals surface area contributed by atoms with Crippen LogP contribution in [0.2, 0.25) is 0 Å². The van der Waals surface area contributed by atoms with Gasteiger partial charge in [-0.3, -0.25) is 4.98 Å². The number of benzene rings is 1. The highest BCUT2D eigenvalue weighted by atomic mass is 14.8. The number of para-hydroxylation sites is 1. The Kier molecular flexibility index (Phi) is 4.26. The molecule has 0 atom stereocenters. The van der Waals surface area contributed by atoms with Crippen molar-refractivity contribution < 1.29 is 0 Å². The average molecular weight is 280 g/mol. The molecule has 0 radical (unpaired) electrons. The van der Waals surface area contributed by atoms with Gasteiger partial charge in [-0.15, -0.1) is 0 Å². The molecule has 0 unspecified atom stereocenters. The summed E-state index contributed by atoms with van der Waals surface area (Å²) in [5, 5.41) is 0. The summed E-state index contributed by atoms with van der Waals surface area (Å²) in [4.78, 5) is 9.35. The fourth-order valence-corrected chi connectivity index (χ4v) is 2.08. The number of hydrogen-bond donors (Lipinski definition) is 0. The summed E-state index contributed by atoms with van der Waals surface area (Å²) in [6.45, 7) is 13.0. The summed E-state index contributed by atoms with van der Waals surface area (Å²) in [5.41, 5.74) is 6.64. The predicted molar refractivity (Wildman–Crippen MR) is 91.1 cm³/mol. The molecule has 110 valence electrons. The van der Waals surface area contributed by atoms with Crippen LogP contribution in [0.4, 0.5) is 0 Å². The summed E-state index contributed by atoms with van der Waals surface area (Å²) in [6, 6.07) is 6.12. The monoisotopic (exact) mass is 280 g/mol. The maximum atomic E-state index is 4.77. The number of nitrogens with zero attached hydrogens (tertiary/aromatic N) is 2. The standard InChI is InChI=1S/C19H24N2/c1-7-15(11-14(3)19(4,5)6)17-12-20-18-13(2)9-8-10-16(18)21-17/h7-12H,1-6H3. The molecule has 0 fully saturated rings. The number of aryl methyl sites for hydroxylation is 1. The summed E-state index contributed by atoms with van der Waals surface area (Å²) < 4.78 is 0. The van der Waals surface area contributed by atoms with E-state index in [-0.39, 0.29) is 5.41 Å². The molecule has 1 heterocycles. The molecule has 1 aromatic heterocycles. The van der Waals surface area contributed by atoms with Crippen molar-refractivity contribution in [3.63, 3.8) is 0 Å². The maximum Gasteiger partial charge on any atom is 0.0916 e. The highest BCUT2D eigenvalue weighted by Gasteiger charge is 2.13. The predicted octanol–water partition coefficient (Wildman–Crippen LogP) is 5.33. The van der Waals surface area contributed by atoms with Gasteiger partial charge in [0.15, 0.2) is 0 Å². The zero-order valence-corrected chi connectivity index (χ0v) is 13.9. The van der Waals surface area contributed by atoms with Gasteiger partial charge in [-0.2, -0.15) is 0 Å². The summed E-state index contributed by atoms with van der Waals surface area (Å²) in [7, 11) is 0. The highest BCUT2D eigenvalue weighted by Crippen LogP contribution is 2.28. The Labute approximate surface area is 127 Å². The topological polar surface area (TPSA) is 25.8 Å². The summed E-state index contributed by atoms with van der Waals surface area (Å²) >= 11 is 0. The van der Waals surface area contributed by atoms with Gasteiger partial charge in [-0.05, 0) is 43.4 Å². The third kappa shape index (κ3) is 3.38. The molecular formula is C19H24N2. The molecule has 0 amide bonds. The van der Waals surface area contributed by atoms with Crippen molar-refractivity contribution in [3.8, 4) is 0 Å². The number of hydrogen-bond acceptors (Lipinski definition) is 2. The Balaban J connectivity index is 2.50. The molecular weight excluding hydrogens is 256 g/mol. The van der Waals surface area contributed by atoms with Gasteiger partial charge in [0.2, 0.25) is 0 Å². The highest BCUT2D eigenvalue weighted by molar-refractivity contribution is 5.81. The molecule has 0 aliphatic carbocycles. The van der Waals surface area contributed by atoms with Crippen molar-refractivity contribution in [1.82, 2.24) is 9.97 Å². The molecule has 2 heteroatoms. The third-order valence-corrected chi connectivity index (χ3v) is 3.94. The van der Waals surface area contributed by atoms with Gasteiger partial charge in [0.25, 0.3) is 0 Å². The van der Waals surface area contributed by atoms with Crippen molar-refractivity contribution in [2.75, 3.05) is 0 Å². The van der Waals surface area contributed by atoms with E-state index in [1.165, 1.54) is 5.57 Å². The smallest absolute Gasteiger partial charge is 0.0916 e. The first-order chi connectivity index (χ1) is 9.82. The second-order valence-electron chi connectivity index (χ2n) is 6.52. The SMILES string of the molecule is CC=C(C=C(C)C(C)(C)C)c1cnc2c(C)cccc2n1. The van der Waals surface area contributed by atoms with E-state index in [1.54, 1.807) is 0 Å². The Morgan fingerprint density at radius 1 is 1.19 bits per heavy atom. The van der Waals surface area contributed by atoms with Crippen molar-refractivity contribution in [2.45, 2.75) is 41.5 Å². The zero-order valence-electron chi connectivity index (χ0n) is 13.9. The fraction of sp³-hybridized carbons (Fsp3) is 0.368. The largest absolute Gasteiger partial charge is 0.252 e. The van der Waals surface area contributed by atoms with Gasteiger partial charge < -0.3 is 0 Å². The van der Waals surface area contributed by atoms with E-state index in [0.717, 1.165) is 27.9 Å². The van der Waals surface area contributed by atoms with Gasteiger partial charge in [-0.25, -0.2) is 4.98 Å². The normalized spacial score (nSPS) is 13.8. The molecule has 2 nitrogen and oxygen atoms in total. The first-order valence-electron chi connectivity index (χ1n) is 7.41. The lowest BCUT2D eigenvalue weighted by Crippen LogP contribution is -2.06. The molecule has 0 spiro atoms. The molecule has 0 aliphatic rings. The Morgan fingerprint density at radius 3 is 2.52 bits per heavy atom. The number of fused-ring (bicyclic) bond motifs is 1. The van der Waals surface area contributed by atoms with Crippen LogP contribution < -0.4 is 0 Å². The van der Waals surface area contributed by atoms with Gasteiger partial charge >= 0.3 is 0 Å². The Bertz CT molecular complexity index is 716. The van der Waals surface area contributed by atoms with E-state index < -0.39 is 0 Å². The van der Waals surface area contributed by atoms with Crippen LogP contribution >= 0.6 is 0 Å². The van der Waals surface area contributed by atoms with Crippen LogP contribution in [-0.4, -0.2) is 9.97 Å². The molecule has 0 bridgehead atoms. The lowest BCUT2D eigenvalue weighted by molar-refractivity contribution is 0.504. The minimum atomic E-state index is 0.162. The van der Waals surface area contributed by atoms with Gasteiger partial charge in [0.1, 0.15) is 0 Å². The molecule has 21 heavy (non-hydrogen) atoms. The number of allylic oxidation sites excluding steroid dienone is 4. The van der Waals surface area contributed by atoms with Crippen molar-refractivity contribution in [1.29, 1.82) is 0 Å². The molecule has 2 rings (SSSR count). The van der Waals surface area contributed by atoms with Crippen LogP contribution in [0.1, 0.15) is 45.9 Å². The minimum Gasteiger partial charge on any atom is -0.252 e. The molecule has 0 saturated heterocycles. The molecule has 0 N–H and O–H groups in total. The maximum absolute atomic E-state index is 4.77. The van der Waals surface area contributed by atoms with E-state index in [0.29, 0.717) is 0 Å². The van der Waals surface area contributed by atoms with Gasteiger partial charge in [0, 0.05) is 0 Å². The molecule has 2 aromatic rings. The van der Waals surface area contributed by atoms with Crippen LogP contribution in [-0.2, 0) is 0 Å². The second-order valence-corrected chi connectivity index (χ2v) is 6.52. The first-order valence-corrected chi connectivity index (χ1v) is 7.41. The lowest BCUT2D eigenvalue weighted by atomic mass is 9.86. The molecule has 0 saturated carbocycles. The van der Waals surface area contributed by atoms with Crippen LogP contribution in [0.25, 0.3) is 16.6 Å². The molecule has 0 aliphatic heterocycles. The van der Waals surface area contributed by atoms with E-state index in [2.05, 4.69) is 57.8 Å². The van der Waals surface area contributed by atoms with Crippen LogP contribution in [0, 0.1) is 12.3 Å². The lowest BCUT2D eigenvalue weighted by Gasteiger charge is -2.20. The van der Waals surface area contributed by atoms with Gasteiger partial charge in [-0.1, -0.05) is 50.6 Å².